The van der Waals surface area contributed by atoms with Crippen LogP contribution < -0.4 is 10.9 Å². The fourth-order valence-electron chi connectivity index (χ4n) is 1.10. The standard InChI is InChI=1S/C10H8I2N4/c11-9-5-7(1-3-13-9)15-16-8-2-4-14-10(12)6-8/h1-6H,(H,13,15)(H,14,16). The zero-order valence-electron chi connectivity index (χ0n) is 8.11. The predicted octanol–water partition coefficient (Wildman–Crippen LogP) is 3.12. The summed E-state index contributed by atoms with van der Waals surface area (Å²) in [5, 5.41) is 0. The summed E-state index contributed by atoms with van der Waals surface area (Å²) in [6, 6.07) is 7.72. The van der Waals surface area contributed by atoms with E-state index < -0.39 is 0 Å². The van der Waals surface area contributed by atoms with Gasteiger partial charge >= 0.3 is 0 Å². The minimum atomic E-state index is 0.953. The number of hydrogen-bond acceptors (Lipinski definition) is 4. The van der Waals surface area contributed by atoms with Crippen LogP contribution in [0.1, 0.15) is 0 Å². The van der Waals surface area contributed by atoms with Crippen molar-refractivity contribution in [3.05, 3.63) is 44.1 Å². The van der Waals surface area contributed by atoms with Crippen LogP contribution >= 0.6 is 45.2 Å². The lowest BCUT2D eigenvalue weighted by Crippen LogP contribution is -2.09. The van der Waals surface area contributed by atoms with Gasteiger partial charge in [0.25, 0.3) is 0 Å². The molecule has 0 aliphatic rings. The Hall–Kier alpha value is -0.640. The molecule has 0 fully saturated rings. The first-order valence-corrected chi connectivity index (χ1v) is 6.65. The van der Waals surface area contributed by atoms with Gasteiger partial charge in [-0.1, -0.05) is 0 Å². The molecule has 0 aliphatic heterocycles. The summed E-state index contributed by atoms with van der Waals surface area (Å²) in [5.41, 5.74) is 8.16. The normalized spacial score (nSPS) is 9.88. The van der Waals surface area contributed by atoms with Crippen LogP contribution in [-0.4, -0.2) is 9.97 Å². The van der Waals surface area contributed by atoms with Crippen LogP contribution in [0.4, 0.5) is 11.4 Å². The predicted molar refractivity (Wildman–Crippen MR) is 81.2 cm³/mol. The van der Waals surface area contributed by atoms with Gasteiger partial charge in [-0.3, -0.25) is 9.97 Å². The third-order valence-corrected chi connectivity index (χ3v) is 2.98. The van der Waals surface area contributed by atoms with Crippen LogP contribution in [0, 0.1) is 7.40 Å². The first kappa shape index (κ1) is 11.8. The average molecular weight is 438 g/mol. The molecule has 2 aromatic rings. The molecule has 6 heteroatoms. The van der Waals surface area contributed by atoms with Crippen molar-refractivity contribution in [2.24, 2.45) is 0 Å². The van der Waals surface area contributed by atoms with Gasteiger partial charge in [-0.05, 0) is 69.4 Å². The van der Waals surface area contributed by atoms with E-state index in [0.29, 0.717) is 0 Å². The number of rotatable bonds is 3. The highest BCUT2D eigenvalue weighted by Gasteiger charge is 1.95. The maximum absolute atomic E-state index is 4.12. The Balaban J connectivity index is 2.02. The summed E-state index contributed by atoms with van der Waals surface area (Å²) in [4.78, 5) is 8.23. The van der Waals surface area contributed by atoms with Crippen molar-refractivity contribution < 1.29 is 0 Å². The average Bonchev–Trinajstić information content (AvgIpc) is 2.27. The summed E-state index contributed by atoms with van der Waals surface area (Å²) in [6.45, 7) is 0. The molecule has 0 bridgehead atoms. The SMILES string of the molecule is Ic1cc(NNc2ccnc(I)c2)ccn1. The summed E-state index contributed by atoms with van der Waals surface area (Å²) in [6.07, 6.45) is 3.53. The summed E-state index contributed by atoms with van der Waals surface area (Å²) in [7, 11) is 0. The molecule has 0 spiro atoms. The van der Waals surface area contributed by atoms with Crippen molar-refractivity contribution in [2.45, 2.75) is 0 Å². The number of aromatic nitrogens is 2. The number of hydrazine groups is 1. The van der Waals surface area contributed by atoms with Gasteiger partial charge in [-0.15, -0.1) is 0 Å². The molecule has 82 valence electrons. The molecule has 0 aromatic carbocycles. The van der Waals surface area contributed by atoms with Crippen molar-refractivity contribution in [2.75, 3.05) is 10.9 Å². The molecule has 0 amide bonds. The lowest BCUT2D eigenvalue weighted by atomic mass is 10.4. The van der Waals surface area contributed by atoms with Crippen LogP contribution in [-0.2, 0) is 0 Å². The minimum Gasteiger partial charge on any atom is -0.301 e. The highest BCUT2D eigenvalue weighted by Crippen LogP contribution is 2.12. The molecule has 16 heavy (non-hydrogen) atoms. The summed E-state index contributed by atoms with van der Waals surface area (Å²) >= 11 is 4.35. The Morgan fingerprint density at radius 3 is 1.62 bits per heavy atom. The lowest BCUT2D eigenvalue weighted by Gasteiger charge is -2.09. The van der Waals surface area contributed by atoms with E-state index >= 15 is 0 Å². The van der Waals surface area contributed by atoms with E-state index in [-0.39, 0.29) is 0 Å². The Bertz CT molecular complexity index is 444. The van der Waals surface area contributed by atoms with Crippen LogP contribution in [0.15, 0.2) is 36.7 Å². The molecule has 0 unspecified atom stereocenters. The van der Waals surface area contributed by atoms with E-state index in [4.69, 9.17) is 0 Å². The van der Waals surface area contributed by atoms with Crippen LogP contribution in [0.3, 0.4) is 0 Å². The highest BCUT2D eigenvalue weighted by molar-refractivity contribution is 14.1. The zero-order chi connectivity index (χ0) is 11.4. The fourth-order valence-corrected chi connectivity index (χ4v) is 2.10. The van der Waals surface area contributed by atoms with Gasteiger partial charge < -0.3 is 10.9 Å². The minimum absolute atomic E-state index is 0.953. The molecular weight excluding hydrogens is 430 g/mol. The molecule has 0 saturated carbocycles. The van der Waals surface area contributed by atoms with Gasteiger partial charge in [0, 0.05) is 12.4 Å². The van der Waals surface area contributed by atoms with E-state index in [1.165, 1.54) is 0 Å². The molecule has 2 heterocycles. The molecule has 2 aromatic heterocycles. The zero-order valence-corrected chi connectivity index (χ0v) is 12.4. The first-order valence-electron chi connectivity index (χ1n) is 4.49. The van der Waals surface area contributed by atoms with Gasteiger partial charge in [0.05, 0.1) is 11.4 Å². The fraction of sp³-hybridized carbons (Fsp3) is 0. The number of anilines is 2. The number of hydrogen-bond donors (Lipinski definition) is 2. The third-order valence-electron chi connectivity index (χ3n) is 1.80. The van der Waals surface area contributed by atoms with Crippen LogP contribution in [0.5, 0.6) is 0 Å². The summed E-state index contributed by atoms with van der Waals surface area (Å²) < 4.78 is 1.91. The Kier molecular flexibility index (Phi) is 4.16. The molecule has 0 saturated heterocycles. The molecule has 4 nitrogen and oxygen atoms in total. The second kappa shape index (κ2) is 5.62. The number of nitrogens with one attached hydrogen (secondary N) is 2. The quantitative estimate of drug-likeness (QED) is 0.440. The van der Waals surface area contributed by atoms with Crippen LogP contribution in [0.25, 0.3) is 0 Å². The smallest absolute Gasteiger partial charge is 0.103 e. The molecule has 0 radical (unpaired) electrons. The monoisotopic (exact) mass is 438 g/mol. The maximum Gasteiger partial charge on any atom is 0.103 e. The number of nitrogens with zero attached hydrogens (tertiary/aromatic N) is 2. The Morgan fingerprint density at radius 1 is 0.812 bits per heavy atom. The third kappa shape index (κ3) is 3.44. The van der Waals surface area contributed by atoms with Gasteiger partial charge in [0.1, 0.15) is 7.40 Å². The Labute approximate surface area is 121 Å². The molecule has 2 N–H and O–H groups in total. The van der Waals surface area contributed by atoms with Crippen molar-refractivity contribution in [1.82, 2.24) is 9.97 Å². The van der Waals surface area contributed by atoms with E-state index in [1.807, 2.05) is 24.3 Å². The molecule has 0 aliphatic carbocycles. The second-order valence-corrected chi connectivity index (χ2v) is 5.19. The van der Waals surface area contributed by atoms with E-state index in [9.17, 15) is 0 Å². The van der Waals surface area contributed by atoms with Crippen molar-refractivity contribution >= 4 is 56.6 Å². The van der Waals surface area contributed by atoms with E-state index in [1.54, 1.807) is 12.4 Å². The summed E-state index contributed by atoms with van der Waals surface area (Å²) in [5.74, 6) is 0. The van der Waals surface area contributed by atoms with Gasteiger partial charge in [-0.2, -0.15) is 0 Å². The van der Waals surface area contributed by atoms with Crippen LogP contribution in [0.2, 0.25) is 0 Å². The number of halogens is 2. The first-order chi connectivity index (χ1) is 7.74. The van der Waals surface area contributed by atoms with Gasteiger partial charge in [0.15, 0.2) is 0 Å². The highest BCUT2D eigenvalue weighted by atomic mass is 127. The second-order valence-electron chi connectivity index (χ2n) is 2.98. The molecular formula is C10H8I2N4. The Morgan fingerprint density at radius 2 is 1.25 bits per heavy atom. The van der Waals surface area contributed by atoms with Crippen molar-refractivity contribution in [1.29, 1.82) is 0 Å². The lowest BCUT2D eigenvalue weighted by molar-refractivity contribution is 1.24. The van der Waals surface area contributed by atoms with Crippen molar-refractivity contribution in [3.63, 3.8) is 0 Å². The largest absolute Gasteiger partial charge is 0.301 e. The van der Waals surface area contributed by atoms with E-state index in [2.05, 4.69) is 66.0 Å². The van der Waals surface area contributed by atoms with Gasteiger partial charge in [-0.25, -0.2) is 0 Å². The molecule has 0 atom stereocenters. The van der Waals surface area contributed by atoms with Crippen molar-refractivity contribution in [3.8, 4) is 0 Å². The van der Waals surface area contributed by atoms with E-state index in [0.717, 1.165) is 18.8 Å². The molecule has 2 rings (SSSR count). The maximum atomic E-state index is 4.12. The number of pyridine rings is 2. The van der Waals surface area contributed by atoms with Gasteiger partial charge in [0.2, 0.25) is 0 Å². The topological polar surface area (TPSA) is 49.8 Å².